The van der Waals surface area contributed by atoms with Crippen LogP contribution in [0.5, 0.6) is 0 Å². The van der Waals surface area contributed by atoms with Gasteiger partial charge < -0.3 is 21.7 Å². The molecule has 4 amide bonds. The van der Waals surface area contributed by atoms with Crippen molar-refractivity contribution in [3.05, 3.63) is 0 Å². The van der Waals surface area contributed by atoms with Crippen LogP contribution >= 0.6 is 0 Å². The predicted molar refractivity (Wildman–Crippen MR) is 86.9 cm³/mol. The van der Waals surface area contributed by atoms with Gasteiger partial charge in [0.2, 0.25) is 23.6 Å². The number of nitrogens with two attached hydrogens (primary N) is 1. The number of Topliss-reactive ketones (excluding diaryl/α,β-unsaturated/α-hetero) is 1. The number of hydrogen-bond acceptors (Lipinski definition) is 5. The van der Waals surface area contributed by atoms with Gasteiger partial charge in [-0.15, -0.1) is 0 Å². The van der Waals surface area contributed by atoms with E-state index in [-0.39, 0.29) is 0 Å². The molecule has 27 heavy (non-hydrogen) atoms. The maximum atomic E-state index is 12.4. The largest absolute Gasteiger partial charge is 0.452 e. The highest BCUT2D eigenvalue weighted by molar-refractivity contribution is 5.97. The molecule has 0 aromatic heterocycles. The minimum Gasteiger partial charge on any atom is -0.370 e. The molecule has 5 N–H and O–H groups in total. The van der Waals surface area contributed by atoms with E-state index in [2.05, 4.69) is 10.6 Å². The highest BCUT2D eigenvalue weighted by Gasteiger charge is 2.42. The third-order valence-electron chi connectivity index (χ3n) is 3.38. The number of primary amides is 1. The molecule has 0 aliphatic carbocycles. The summed E-state index contributed by atoms with van der Waals surface area (Å²) in [7, 11) is 0. The lowest BCUT2D eigenvalue weighted by Gasteiger charge is -2.25. The van der Waals surface area contributed by atoms with Crippen molar-refractivity contribution in [1.29, 1.82) is 0 Å². The van der Waals surface area contributed by atoms with Crippen molar-refractivity contribution >= 4 is 29.4 Å². The van der Waals surface area contributed by atoms with Crippen molar-refractivity contribution in [3.63, 3.8) is 0 Å². The van der Waals surface area contributed by atoms with Crippen LogP contribution in [0.3, 0.4) is 0 Å². The molecule has 3 atom stereocenters. The van der Waals surface area contributed by atoms with E-state index in [0.717, 1.165) is 6.92 Å². The van der Waals surface area contributed by atoms with Crippen molar-refractivity contribution in [3.8, 4) is 0 Å². The normalized spacial score (nSPS) is 14.7. The lowest BCUT2D eigenvalue weighted by atomic mass is 10.0. The van der Waals surface area contributed by atoms with Gasteiger partial charge in [0.1, 0.15) is 12.1 Å². The Morgan fingerprint density at radius 1 is 0.926 bits per heavy atom. The summed E-state index contributed by atoms with van der Waals surface area (Å²) in [6.07, 6.45) is -5.88. The van der Waals surface area contributed by atoms with Crippen LogP contribution in [0.1, 0.15) is 34.1 Å². The molecule has 0 rings (SSSR count). The van der Waals surface area contributed by atoms with Crippen LogP contribution in [0.2, 0.25) is 0 Å². The Kier molecular flexibility index (Phi) is 8.90. The van der Waals surface area contributed by atoms with Gasteiger partial charge >= 0.3 is 6.18 Å². The first kappa shape index (κ1) is 24.3. The minimum atomic E-state index is -5.16. The van der Waals surface area contributed by atoms with Gasteiger partial charge in [-0.1, -0.05) is 13.8 Å². The fourth-order valence-corrected chi connectivity index (χ4v) is 2.05. The second-order valence-electron chi connectivity index (χ2n) is 6.25. The van der Waals surface area contributed by atoms with Crippen LogP contribution < -0.4 is 21.7 Å². The third-order valence-corrected chi connectivity index (χ3v) is 3.38. The van der Waals surface area contributed by atoms with Gasteiger partial charge in [0.05, 0.1) is 12.5 Å². The van der Waals surface area contributed by atoms with Crippen LogP contribution in [0.25, 0.3) is 0 Å². The smallest absolute Gasteiger partial charge is 0.370 e. The van der Waals surface area contributed by atoms with E-state index in [1.807, 2.05) is 0 Å². The molecule has 0 saturated heterocycles. The molecular formula is C15H23F3N4O5. The first-order chi connectivity index (χ1) is 12.2. The lowest BCUT2D eigenvalue weighted by molar-refractivity contribution is -0.173. The zero-order chi connectivity index (χ0) is 21.5. The van der Waals surface area contributed by atoms with Crippen LogP contribution in [-0.4, -0.2) is 53.7 Å². The van der Waals surface area contributed by atoms with Crippen LogP contribution in [0.15, 0.2) is 0 Å². The van der Waals surface area contributed by atoms with Crippen molar-refractivity contribution in [1.82, 2.24) is 16.0 Å². The highest BCUT2D eigenvalue weighted by atomic mass is 19.4. The zero-order valence-corrected chi connectivity index (χ0v) is 15.3. The van der Waals surface area contributed by atoms with Crippen molar-refractivity contribution in [2.24, 2.45) is 11.7 Å². The second kappa shape index (κ2) is 9.88. The average molecular weight is 396 g/mol. The monoisotopic (exact) mass is 396 g/mol. The standard InChI is InChI=1S/C15H23F3N4O5/c1-6(2)11(21-8(4)23)14(27)22-9(5-10(19)24)13(26)20-7(3)12(25)15(16,17)18/h6-7,9,11H,5H2,1-4H3,(H2,19,24)(H,20,26)(H,21,23)(H,22,27)/t7?,9-,11-/m0/s1. The summed E-state index contributed by atoms with van der Waals surface area (Å²) >= 11 is 0. The Bertz CT molecular complexity index is 607. The molecule has 0 saturated carbocycles. The number of nitrogens with one attached hydrogen (secondary N) is 3. The summed E-state index contributed by atoms with van der Waals surface area (Å²) in [6, 6.07) is -4.60. The molecule has 0 fully saturated rings. The van der Waals surface area contributed by atoms with E-state index in [0.29, 0.717) is 0 Å². The molecule has 0 aliphatic heterocycles. The van der Waals surface area contributed by atoms with Crippen LogP contribution in [0.4, 0.5) is 13.2 Å². The minimum absolute atomic E-state index is 0.392. The quantitative estimate of drug-likeness (QED) is 0.400. The van der Waals surface area contributed by atoms with Crippen LogP contribution in [-0.2, 0) is 24.0 Å². The molecule has 0 aliphatic rings. The first-order valence-corrected chi connectivity index (χ1v) is 7.94. The SMILES string of the molecule is CC(=O)N[C@H](C(=O)N[C@@H](CC(N)=O)C(=O)NC(C)C(=O)C(F)(F)F)C(C)C. The Morgan fingerprint density at radius 2 is 1.44 bits per heavy atom. The lowest BCUT2D eigenvalue weighted by Crippen LogP contribution is -2.57. The van der Waals surface area contributed by atoms with Crippen molar-refractivity contribution in [2.75, 3.05) is 0 Å². The molecule has 0 heterocycles. The van der Waals surface area contributed by atoms with E-state index >= 15 is 0 Å². The average Bonchev–Trinajstić information content (AvgIpc) is 2.48. The van der Waals surface area contributed by atoms with Crippen molar-refractivity contribution < 1.29 is 37.1 Å². The Morgan fingerprint density at radius 3 is 1.81 bits per heavy atom. The molecule has 154 valence electrons. The molecule has 0 spiro atoms. The fourth-order valence-electron chi connectivity index (χ4n) is 2.05. The Hall–Kier alpha value is -2.66. The number of hydrogen-bond donors (Lipinski definition) is 4. The van der Waals surface area contributed by atoms with E-state index in [1.54, 1.807) is 19.2 Å². The summed E-state index contributed by atoms with van der Waals surface area (Å²) in [5, 5.41) is 6.30. The molecule has 12 heteroatoms. The summed E-state index contributed by atoms with van der Waals surface area (Å²) in [6.45, 7) is 5.19. The summed E-state index contributed by atoms with van der Waals surface area (Å²) in [5.74, 6) is -6.15. The Balaban J connectivity index is 5.29. The first-order valence-electron chi connectivity index (χ1n) is 7.94. The van der Waals surface area contributed by atoms with Gasteiger partial charge in [0.15, 0.2) is 0 Å². The van der Waals surface area contributed by atoms with Gasteiger partial charge in [-0.25, -0.2) is 0 Å². The van der Waals surface area contributed by atoms with E-state index in [9.17, 15) is 37.1 Å². The summed E-state index contributed by atoms with van der Waals surface area (Å²) < 4.78 is 37.2. The van der Waals surface area contributed by atoms with Crippen LogP contribution in [0, 0.1) is 5.92 Å². The maximum Gasteiger partial charge on any atom is 0.452 e. The second-order valence-corrected chi connectivity index (χ2v) is 6.25. The molecule has 1 unspecified atom stereocenters. The third kappa shape index (κ3) is 8.51. The fraction of sp³-hybridized carbons (Fsp3) is 0.667. The van der Waals surface area contributed by atoms with Gasteiger partial charge in [-0.2, -0.15) is 13.2 Å². The molecule has 0 bridgehead atoms. The molecule has 0 aromatic rings. The topological polar surface area (TPSA) is 147 Å². The molecular weight excluding hydrogens is 373 g/mol. The Labute approximate surface area is 153 Å². The number of amides is 4. The maximum absolute atomic E-state index is 12.4. The number of alkyl halides is 3. The molecule has 9 nitrogen and oxygen atoms in total. The number of rotatable bonds is 9. The number of halogens is 3. The number of carbonyl (C=O) groups is 5. The number of carbonyl (C=O) groups excluding carboxylic acids is 5. The van der Waals surface area contributed by atoms with Crippen molar-refractivity contribution in [2.45, 2.75) is 58.4 Å². The zero-order valence-electron chi connectivity index (χ0n) is 15.3. The van der Waals surface area contributed by atoms with E-state index in [1.165, 1.54) is 6.92 Å². The van der Waals surface area contributed by atoms with E-state index < -0.39 is 66.1 Å². The van der Waals surface area contributed by atoms with E-state index in [4.69, 9.17) is 5.73 Å². The van der Waals surface area contributed by atoms with Gasteiger partial charge in [-0.3, -0.25) is 24.0 Å². The summed E-state index contributed by atoms with van der Waals surface area (Å²) in [5.41, 5.74) is 5.00. The molecule has 0 radical (unpaired) electrons. The summed E-state index contributed by atoms with van der Waals surface area (Å²) in [4.78, 5) is 57.9. The van der Waals surface area contributed by atoms with Gasteiger partial charge in [-0.05, 0) is 12.8 Å². The number of ketones is 1. The molecule has 0 aromatic carbocycles. The highest BCUT2D eigenvalue weighted by Crippen LogP contribution is 2.17. The van der Waals surface area contributed by atoms with Gasteiger partial charge in [0.25, 0.3) is 5.78 Å². The predicted octanol–water partition coefficient (Wildman–Crippen LogP) is -0.857. The van der Waals surface area contributed by atoms with Gasteiger partial charge in [0, 0.05) is 6.92 Å².